The van der Waals surface area contributed by atoms with E-state index >= 15 is 0 Å². The standard InChI is InChI=1S/C15H27N3O/c16-13-6-9-17(10-7-13)11-15(19)18-8-2-4-12-3-1-5-14(12)18/h12-14H,1-11,16H2. The first-order valence-corrected chi connectivity index (χ1v) is 8.01. The number of nitrogens with zero attached hydrogens (tertiary/aromatic N) is 2. The third-order valence-corrected chi connectivity index (χ3v) is 5.30. The number of amides is 1. The zero-order valence-corrected chi connectivity index (χ0v) is 11.9. The van der Waals surface area contributed by atoms with E-state index in [0.29, 0.717) is 24.5 Å². The summed E-state index contributed by atoms with van der Waals surface area (Å²) in [7, 11) is 0. The third-order valence-electron chi connectivity index (χ3n) is 5.30. The van der Waals surface area contributed by atoms with Crippen molar-refractivity contribution >= 4 is 5.91 Å². The van der Waals surface area contributed by atoms with E-state index < -0.39 is 0 Å². The fraction of sp³-hybridized carbons (Fsp3) is 0.933. The van der Waals surface area contributed by atoms with Gasteiger partial charge in [-0.1, -0.05) is 6.42 Å². The molecule has 0 aromatic heterocycles. The Morgan fingerprint density at radius 3 is 2.53 bits per heavy atom. The zero-order chi connectivity index (χ0) is 13.2. The summed E-state index contributed by atoms with van der Waals surface area (Å²) in [5.41, 5.74) is 5.92. The van der Waals surface area contributed by atoms with Crippen LogP contribution in [-0.2, 0) is 4.79 Å². The fourth-order valence-electron chi connectivity index (χ4n) is 4.16. The number of hydrogen-bond acceptors (Lipinski definition) is 3. The smallest absolute Gasteiger partial charge is 0.237 e. The monoisotopic (exact) mass is 265 g/mol. The average Bonchev–Trinajstić information content (AvgIpc) is 2.89. The number of nitrogens with two attached hydrogens (primary N) is 1. The molecule has 2 heterocycles. The van der Waals surface area contributed by atoms with Crippen molar-refractivity contribution in [3.8, 4) is 0 Å². The zero-order valence-electron chi connectivity index (χ0n) is 11.9. The largest absolute Gasteiger partial charge is 0.338 e. The Hall–Kier alpha value is -0.610. The fourth-order valence-corrected chi connectivity index (χ4v) is 4.16. The van der Waals surface area contributed by atoms with Crippen LogP contribution in [0, 0.1) is 5.92 Å². The number of rotatable bonds is 2. The summed E-state index contributed by atoms with van der Waals surface area (Å²) in [6, 6.07) is 0.911. The lowest BCUT2D eigenvalue weighted by Crippen LogP contribution is -2.51. The van der Waals surface area contributed by atoms with Crippen LogP contribution in [-0.4, -0.2) is 54.0 Å². The van der Waals surface area contributed by atoms with Gasteiger partial charge in [0.1, 0.15) is 0 Å². The predicted molar refractivity (Wildman–Crippen MR) is 75.7 cm³/mol. The number of fused-ring (bicyclic) bond motifs is 1. The van der Waals surface area contributed by atoms with E-state index in [9.17, 15) is 4.79 Å². The van der Waals surface area contributed by atoms with E-state index in [0.717, 1.165) is 38.4 Å². The van der Waals surface area contributed by atoms with Crippen molar-refractivity contribution in [1.29, 1.82) is 0 Å². The summed E-state index contributed by atoms with van der Waals surface area (Å²) in [6.07, 6.45) is 8.52. The molecule has 19 heavy (non-hydrogen) atoms. The first-order valence-electron chi connectivity index (χ1n) is 8.01. The molecule has 0 radical (unpaired) electrons. The third kappa shape index (κ3) is 2.95. The van der Waals surface area contributed by atoms with Gasteiger partial charge >= 0.3 is 0 Å². The van der Waals surface area contributed by atoms with Crippen LogP contribution in [0.3, 0.4) is 0 Å². The lowest BCUT2D eigenvalue weighted by atomic mass is 9.92. The minimum absolute atomic E-state index is 0.348. The molecule has 0 aromatic rings. The van der Waals surface area contributed by atoms with Crippen LogP contribution in [0.2, 0.25) is 0 Å². The Balaban J connectivity index is 1.54. The lowest BCUT2D eigenvalue weighted by Gasteiger charge is -2.39. The molecule has 3 aliphatic rings. The van der Waals surface area contributed by atoms with Crippen LogP contribution < -0.4 is 5.73 Å². The van der Waals surface area contributed by atoms with E-state index in [1.54, 1.807) is 0 Å². The highest BCUT2D eigenvalue weighted by Gasteiger charge is 2.37. The number of likely N-dealkylation sites (tertiary alicyclic amines) is 2. The van der Waals surface area contributed by atoms with Gasteiger partial charge < -0.3 is 10.6 Å². The van der Waals surface area contributed by atoms with Crippen LogP contribution in [0.5, 0.6) is 0 Å². The van der Waals surface area contributed by atoms with E-state index in [2.05, 4.69) is 9.80 Å². The Bertz CT molecular complexity index is 325. The molecule has 2 saturated heterocycles. The lowest BCUT2D eigenvalue weighted by molar-refractivity contribution is -0.137. The summed E-state index contributed by atoms with van der Waals surface area (Å²) >= 11 is 0. The molecular formula is C15H27N3O. The summed E-state index contributed by atoms with van der Waals surface area (Å²) in [4.78, 5) is 17.0. The molecular weight excluding hydrogens is 238 g/mol. The maximum atomic E-state index is 12.5. The topological polar surface area (TPSA) is 49.6 Å². The summed E-state index contributed by atoms with van der Waals surface area (Å²) < 4.78 is 0. The van der Waals surface area contributed by atoms with Crippen molar-refractivity contribution in [2.75, 3.05) is 26.2 Å². The van der Waals surface area contributed by atoms with Crippen LogP contribution in [0.1, 0.15) is 44.9 Å². The summed E-state index contributed by atoms with van der Waals surface area (Å²) in [5, 5.41) is 0. The van der Waals surface area contributed by atoms with Gasteiger partial charge in [-0.15, -0.1) is 0 Å². The molecule has 108 valence electrons. The van der Waals surface area contributed by atoms with Crippen molar-refractivity contribution in [3.63, 3.8) is 0 Å². The second kappa shape index (κ2) is 5.80. The minimum Gasteiger partial charge on any atom is -0.338 e. The Labute approximate surface area is 116 Å². The van der Waals surface area contributed by atoms with Gasteiger partial charge in [0.2, 0.25) is 5.91 Å². The average molecular weight is 265 g/mol. The van der Waals surface area contributed by atoms with E-state index in [4.69, 9.17) is 5.73 Å². The van der Waals surface area contributed by atoms with Crippen LogP contribution in [0.15, 0.2) is 0 Å². The molecule has 2 aliphatic heterocycles. The molecule has 4 nitrogen and oxygen atoms in total. The first-order chi connectivity index (χ1) is 9.24. The molecule has 3 rings (SSSR count). The molecule has 0 bridgehead atoms. The molecule has 3 fully saturated rings. The van der Waals surface area contributed by atoms with Gasteiger partial charge in [0.05, 0.1) is 6.54 Å². The van der Waals surface area contributed by atoms with Crippen molar-refractivity contribution in [1.82, 2.24) is 9.80 Å². The molecule has 0 aromatic carbocycles. The molecule has 0 spiro atoms. The van der Waals surface area contributed by atoms with Gasteiger partial charge in [0, 0.05) is 31.7 Å². The molecule has 4 heteroatoms. The van der Waals surface area contributed by atoms with E-state index in [-0.39, 0.29) is 0 Å². The highest BCUT2D eigenvalue weighted by molar-refractivity contribution is 5.78. The van der Waals surface area contributed by atoms with Gasteiger partial charge in [-0.2, -0.15) is 0 Å². The highest BCUT2D eigenvalue weighted by Crippen LogP contribution is 2.36. The van der Waals surface area contributed by atoms with Gasteiger partial charge in [-0.25, -0.2) is 0 Å². The van der Waals surface area contributed by atoms with Gasteiger partial charge in [0.25, 0.3) is 0 Å². The van der Waals surface area contributed by atoms with Crippen molar-refractivity contribution in [2.45, 2.75) is 57.0 Å². The number of hydrogen-bond donors (Lipinski definition) is 1. The second-order valence-corrected chi connectivity index (χ2v) is 6.60. The van der Waals surface area contributed by atoms with Gasteiger partial charge in [0.15, 0.2) is 0 Å². The van der Waals surface area contributed by atoms with Crippen molar-refractivity contribution in [3.05, 3.63) is 0 Å². The Kier molecular flexibility index (Phi) is 4.08. The van der Waals surface area contributed by atoms with E-state index in [1.165, 1.54) is 32.1 Å². The first kappa shape index (κ1) is 13.4. The van der Waals surface area contributed by atoms with Crippen LogP contribution in [0.25, 0.3) is 0 Å². The molecule has 1 aliphatic carbocycles. The van der Waals surface area contributed by atoms with Crippen LogP contribution >= 0.6 is 0 Å². The summed E-state index contributed by atoms with van der Waals surface area (Å²) in [6.45, 7) is 3.60. The van der Waals surface area contributed by atoms with Gasteiger partial charge in [-0.05, 0) is 44.4 Å². The van der Waals surface area contributed by atoms with Crippen molar-refractivity contribution in [2.24, 2.45) is 11.7 Å². The number of piperidine rings is 2. The predicted octanol–water partition coefficient (Wildman–Crippen LogP) is 1.20. The molecule has 1 amide bonds. The molecule has 1 saturated carbocycles. The van der Waals surface area contributed by atoms with Gasteiger partial charge in [-0.3, -0.25) is 9.69 Å². The number of carbonyl (C=O) groups is 1. The Morgan fingerprint density at radius 2 is 1.74 bits per heavy atom. The maximum Gasteiger partial charge on any atom is 0.237 e. The summed E-state index contributed by atoms with van der Waals surface area (Å²) in [5.74, 6) is 1.17. The molecule has 2 unspecified atom stereocenters. The highest BCUT2D eigenvalue weighted by atomic mass is 16.2. The number of carbonyl (C=O) groups excluding carboxylic acids is 1. The molecule has 2 atom stereocenters. The maximum absolute atomic E-state index is 12.5. The molecule has 2 N–H and O–H groups in total. The normalized spacial score (nSPS) is 33.4. The quantitative estimate of drug-likeness (QED) is 0.816. The second-order valence-electron chi connectivity index (χ2n) is 6.60. The van der Waals surface area contributed by atoms with Crippen molar-refractivity contribution < 1.29 is 4.79 Å². The minimum atomic E-state index is 0.348. The SMILES string of the molecule is NC1CCN(CC(=O)N2CCCC3CCCC32)CC1. The van der Waals surface area contributed by atoms with Crippen LogP contribution in [0.4, 0.5) is 0 Å². The van der Waals surface area contributed by atoms with E-state index in [1.807, 2.05) is 0 Å². The Morgan fingerprint density at radius 1 is 1.00 bits per heavy atom.